The first kappa shape index (κ1) is 10.7. The van der Waals surface area contributed by atoms with Crippen LogP contribution < -0.4 is 0 Å². The summed E-state index contributed by atoms with van der Waals surface area (Å²) in [6, 6.07) is 4.01. The number of nitrogens with zero attached hydrogens (tertiary/aromatic N) is 1. The molecule has 1 atom stereocenters. The van der Waals surface area contributed by atoms with E-state index < -0.39 is 0 Å². The highest BCUT2D eigenvalue weighted by Crippen LogP contribution is 2.09. The Labute approximate surface area is 87.5 Å². The lowest BCUT2D eigenvalue weighted by molar-refractivity contribution is 0.0761. The second kappa shape index (κ2) is 5.35. The van der Waals surface area contributed by atoms with E-state index in [-0.39, 0.29) is 6.10 Å². The number of rotatable bonds is 4. The maximum atomic E-state index is 5.42. The molecule has 0 bridgehead atoms. The summed E-state index contributed by atoms with van der Waals surface area (Å²) in [4.78, 5) is 4.27. The van der Waals surface area contributed by atoms with Crippen molar-refractivity contribution < 1.29 is 4.74 Å². The van der Waals surface area contributed by atoms with Gasteiger partial charge in [-0.15, -0.1) is 0 Å². The van der Waals surface area contributed by atoms with E-state index in [1.54, 1.807) is 0 Å². The first-order valence-electron chi connectivity index (χ1n) is 4.44. The molecule has 0 fully saturated rings. The Hall–Kier alpha value is -0.410. The first-order valence-corrected chi connectivity index (χ1v) is 5.23. The van der Waals surface area contributed by atoms with Crippen LogP contribution >= 0.6 is 15.9 Å². The van der Waals surface area contributed by atoms with Crippen molar-refractivity contribution >= 4 is 15.9 Å². The molecule has 0 spiro atoms. The maximum absolute atomic E-state index is 5.42. The van der Waals surface area contributed by atoms with E-state index in [2.05, 4.69) is 27.8 Å². The molecule has 13 heavy (non-hydrogen) atoms. The topological polar surface area (TPSA) is 22.1 Å². The fourth-order valence-electron chi connectivity index (χ4n) is 1.17. The molecule has 2 nitrogen and oxygen atoms in total. The predicted molar refractivity (Wildman–Crippen MR) is 56.7 cm³/mol. The highest BCUT2D eigenvalue weighted by atomic mass is 79.9. The van der Waals surface area contributed by atoms with Crippen LogP contribution in [-0.2, 0) is 11.2 Å². The molecule has 1 aromatic heterocycles. The average molecular weight is 244 g/mol. The number of hydrogen-bond acceptors (Lipinski definition) is 2. The summed E-state index contributed by atoms with van der Waals surface area (Å²) in [7, 11) is 0. The standard InChI is InChI=1S/C10H14BrNO/c1-3-13-8(2)6-10-5-4-9(11)7-12-10/h4-5,7-8H,3,6H2,1-2H3. The Kier molecular flexibility index (Phi) is 4.39. The molecule has 0 saturated heterocycles. The van der Waals surface area contributed by atoms with Crippen LogP contribution in [0, 0.1) is 0 Å². The Morgan fingerprint density at radius 2 is 2.31 bits per heavy atom. The van der Waals surface area contributed by atoms with Crippen LogP contribution in [0.2, 0.25) is 0 Å². The summed E-state index contributed by atoms with van der Waals surface area (Å²) in [5, 5.41) is 0. The normalized spacial score (nSPS) is 12.8. The molecular formula is C10H14BrNO. The molecule has 0 saturated carbocycles. The van der Waals surface area contributed by atoms with Crippen molar-refractivity contribution in [2.24, 2.45) is 0 Å². The third-order valence-corrected chi connectivity index (χ3v) is 2.21. The fraction of sp³-hybridized carbons (Fsp3) is 0.500. The Morgan fingerprint density at radius 1 is 1.54 bits per heavy atom. The van der Waals surface area contributed by atoms with Gasteiger partial charge in [0.05, 0.1) is 6.10 Å². The highest BCUT2D eigenvalue weighted by Gasteiger charge is 2.03. The third kappa shape index (κ3) is 3.87. The number of halogens is 1. The molecule has 0 aliphatic heterocycles. The van der Waals surface area contributed by atoms with Crippen LogP contribution in [0.4, 0.5) is 0 Å². The van der Waals surface area contributed by atoms with Gasteiger partial charge >= 0.3 is 0 Å². The molecule has 1 aromatic rings. The minimum absolute atomic E-state index is 0.249. The van der Waals surface area contributed by atoms with Gasteiger partial charge < -0.3 is 4.74 Å². The van der Waals surface area contributed by atoms with Gasteiger partial charge in [0.15, 0.2) is 0 Å². The Morgan fingerprint density at radius 3 is 2.85 bits per heavy atom. The van der Waals surface area contributed by atoms with Crippen LogP contribution in [0.15, 0.2) is 22.8 Å². The second-order valence-electron chi connectivity index (χ2n) is 2.94. The van der Waals surface area contributed by atoms with Crippen molar-refractivity contribution in [3.05, 3.63) is 28.5 Å². The SMILES string of the molecule is CCOC(C)Cc1ccc(Br)cn1. The van der Waals surface area contributed by atoms with Crippen LogP contribution in [-0.4, -0.2) is 17.7 Å². The molecular weight excluding hydrogens is 230 g/mol. The molecule has 0 aliphatic rings. The molecule has 0 amide bonds. The first-order chi connectivity index (χ1) is 6.22. The summed E-state index contributed by atoms with van der Waals surface area (Å²) in [5.41, 5.74) is 1.07. The van der Waals surface area contributed by atoms with E-state index >= 15 is 0 Å². The average Bonchev–Trinajstić information content (AvgIpc) is 2.09. The predicted octanol–water partition coefficient (Wildman–Crippen LogP) is 2.81. The smallest absolute Gasteiger partial charge is 0.0602 e. The molecule has 72 valence electrons. The molecule has 1 rings (SSSR count). The summed E-state index contributed by atoms with van der Waals surface area (Å²) in [6.45, 7) is 4.83. The van der Waals surface area contributed by atoms with Crippen molar-refractivity contribution in [3.8, 4) is 0 Å². The summed E-state index contributed by atoms with van der Waals surface area (Å²) in [6.07, 6.45) is 2.94. The van der Waals surface area contributed by atoms with Gasteiger partial charge in [-0.3, -0.25) is 4.98 Å². The van der Waals surface area contributed by atoms with E-state index in [4.69, 9.17) is 4.74 Å². The Bertz CT molecular complexity index is 248. The van der Waals surface area contributed by atoms with E-state index in [0.717, 1.165) is 23.2 Å². The maximum Gasteiger partial charge on any atom is 0.0602 e. The molecule has 0 aromatic carbocycles. The molecule has 0 radical (unpaired) electrons. The molecule has 1 unspecified atom stereocenters. The second-order valence-corrected chi connectivity index (χ2v) is 3.85. The van der Waals surface area contributed by atoms with Gasteiger partial charge in [0, 0.05) is 29.4 Å². The van der Waals surface area contributed by atoms with E-state index in [0.29, 0.717) is 0 Å². The van der Waals surface area contributed by atoms with Crippen LogP contribution in [0.3, 0.4) is 0 Å². The van der Waals surface area contributed by atoms with Crippen molar-refractivity contribution in [2.45, 2.75) is 26.4 Å². The van der Waals surface area contributed by atoms with Crippen LogP contribution in [0.1, 0.15) is 19.5 Å². The van der Waals surface area contributed by atoms with Crippen molar-refractivity contribution in [2.75, 3.05) is 6.61 Å². The zero-order chi connectivity index (χ0) is 9.68. The third-order valence-electron chi connectivity index (χ3n) is 1.74. The number of pyridine rings is 1. The lowest BCUT2D eigenvalue weighted by atomic mass is 10.2. The lowest BCUT2D eigenvalue weighted by Gasteiger charge is -2.10. The largest absolute Gasteiger partial charge is 0.378 e. The quantitative estimate of drug-likeness (QED) is 0.812. The highest BCUT2D eigenvalue weighted by molar-refractivity contribution is 9.10. The van der Waals surface area contributed by atoms with Gasteiger partial charge in [-0.25, -0.2) is 0 Å². The number of aromatic nitrogens is 1. The van der Waals surface area contributed by atoms with Gasteiger partial charge in [0.25, 0.3) is 0 Å². The van der Waals surface area contributed by atoms with Crippen LogP contribution in [0.25, 0.3) is 0 Å². The molecule has 0 N–H and O–H groups in total. The van der Waals surface area contributed by atoms with E-state index in [9.17, 15) is 0 Å². The van der Waals surface area contributed by atoms with Gasteiger partial charge in [-0.1, -0.05) is 0 Å². The van der Waals surface area contributed by atoms with Gasteiger partial charge in [-0.2, -0.15) is 0 Å². The monoisotopic (exact) mass is 243 g/mol. The minimum Gasteiger partial charge on any atom is -0.378 e. The number of ether oxygens (including phenoxy) is 1. The fourth-order valence-corrected chi connectivity index (χ4v) is 1.40. The summed E-state index contributed by atoms with van der Waals surface area (Å²) >= 11 is 3.35. The Balaban J connectivity index is 2.49. The zero-order valence-electron chi connectivity index (χ0n) is 7.96. The lowest BCUT2D eigenvalue weighted by Crippen LogP contribution is -2.12. The number of hydrogen-bond donors (Lipinski definition) is 0. The van der Waals surface area contributed by atoms with Crippen molar-refractivity contribution in [1.82, 2.24) is 4.98 Å². The molecule has 0 aliphatic carbocycles. The summed E-state index contributed by atoms with van der Waals surface area (Å²) < 4.78 is 6.44. The van der Waals surface area contributed by atoms with Crippen molar-refractivity contribution in [3.63, 3.8) is 0 Å². The molecule has 1 heterocycles. The van der Waals surface area contributed by atoms with Crippen molar-refractivity contribution in [1.29, 1.82) is 0 Å². The van der Waals surface area contributed by atoms with Crippen LogP contribution in [0.5, 0.6) is 0 Å². The zero-order valence-corrected chi connectivity index (χ0v) is 9.54. The van der Waals surface area contributed by atoms with Gasteiger partial charge in [0.2, 0.25) is 0 Å². The van der Waals surface area contributed by atoms with E-state index in [1.165, 1.54) is 0 Å². The minimum atomic E-state index is 0.249. The van der Waals surface area contributed by atoms with Gasteiger partial charge in [0.1, 0.15) is 0 Å². The van der Waals surface area contributed by atoms with Gasteiger partial charge in [-0.05, 0) is 41.9 Å². The summed E-state index contributed by atoms with van der Waals surface area (Å²) in [5.74, 6) is 0. The van der Waals surface area contributed by atoms with E-state index in [1.807, 2.05) is 25.3 Å². The molecule has 3 heteroatoms.